The lowest BCUT2D eigenvalue weighted by Gasteiger charge is -2.34. The molecule has 4 rings (SSSR count). The zero-order chi connectivity index (χ0) is 23.8. The van der Waals surface area contributed by atoms with Gasteiger partial charge in [-0.05, 0) is 68.7 Å². The second-order valence-electron chi connectivity index (χ2n) is 9.27. The Kier molecular flexibility index (Phi) is 6.50. The lowest BCUT2D eigenvalue weighted by Crippen LogP contribution is -2.49. The third-order valence-electron chi connectivity index (χ3n) is 5.94. The number of hydrogen-bond donors (Lipinski definition) is 2. The van der Waals surface area contributed by atoms with Crippen LogP contribution >= 0.6 is 11.6 Å². The van der Waals surface area contributed by atoms with Crippen LogP contribution in [0.25, 0.3) is 11.0 Å². The Hall–Kier alpha value is -2.83. The predicted octanol–water partition coefficient (Wildman–Crippen LogP) is 5.54. The third-order valence-corrected chi connectivity index (χ3v) is 6.20. The van der Waals surface area contributed by atoms with E-state index in [1.165, 1.54) is 0 Å². The molecule has 33 heavy (non-hydrogen) atoms. The van der Waals surface area contributed by atoms with Crippen LogP contribution in [0.15, 0.2) is 51.9 Å². The number of aryl methyl sites for hydroxylation is 2. The number of benzene rings is 2. The van der Waals surface area contributed by atoms with Crippen LogP contribution in [0, 0.1) is 12.8 Å². The lowest BCUT2D eigenvalue weighted by atomic mass is 9.91. The van der Waals surface area contributed by atoms with Crippen molar-refractivity contribution >= 4 is 40.1 Å². The van der Waals surface area contributed by atoms with Crippen LogP contribution in [-0.4, -0.2) is 34.0 Å². The zero-order valence-electron chi connectivity index (χ0n) is 19.5. The van der Waals surface area contributed by atoms with Crippen molar-refractivity contribution in [1.82, 2.24) is 4.90 Å². The molecule has 0 radical (unpaired) electrons. The largest absolute Gasteiger partial charge is 0.461 e. The quantitative estimate of drug-likeness (QED) is 0.498. The summed E-state index contributed by atoms with van der Waals surface area (Å²) in [5.41, 5.74) is 2.80. The summed E-state index contributed by atoms with van der Waals surface area (Å²) in [6, 6.07) is 13.3. The molecule has 2 heterocycles. The average molecular weight is 468 g/mol. The van der Waals surface area contributed by atoms with E-state index in [1.807, 2.05) is 42.5 Å². The highest BCUT2D eigenvalue weighted by molar-refractivity contribution is 6.30. The van der Waals surface area contributed by atoms with Crippen LogP contribution in [0.5, 0.6) is 0 Å². The molecule has 1 atom stereocenters. The molecule has 174 valence electrons. The lowest BCUT2D eigenvalue weighted by molar-refractivity contribution is -0.134. The Morgan fingerprint density at radius 2 is 1.97 bits per heavy atom. The van der Waals surface area contributed by atoms with Crippen LogP contribution < -0.4 is 5.32 Å². The molecule has 6 nitrogen and oxygen atoms in total. The number of nitrogens with zero attached hydrogens (tertiary/aromatic N) is 2. The molecule has 0 spiro atoms. The topological polar surface area (TPSA) is 78.1 Å². The van der Waals surface area contributed by atoms with E-state index in [-0.39, 0.29) is 11.8 Å². The Morgan fingerprint density at radius 1 is 1.24 bits per heavy atom. The maximum atomic E-state index is 13.4. The number of anilines is 1. The number of aliphatic imine (C=N–C) groups is 1. The van der Waals surface area contributed by atoms with Gasteiger partial charge in [-0.2, -0.15) is 0 Å². The molecule has 1 aliphatic heterocycles. The van der Waals surface area contributed by atoms with Crippen molar-refractivity contribution in [3.63, 3.8) is 0 Å². The van der Waals surface area contributed by atoms with Crippen molar-refractivity contribution in [3.8, 4) is 0 Å². The first kappa shape index (κ1) is 23.3. The number of hydrogen-bond acceptors (Lipinski definition) is 5. The second kappa shape index (κ2) is 9.20. The fraction of sp³-hybridized carbons (Fsp3) is 0.385. The average Bonchev–Trinajstić information content (AvgIpc) is 3.08. The summed E-state index contributed by atoms with van der Waals surface area (Å²) < 4.78 is 5.92. The van der Waals surface area contributed by atoms with Crippen LogP contribution in [-0.2, 0) is 17.8 Å². The number of aliphatic hydroxyl groups is 1. The predicted molar refractivity (Wildman–Crippen MR) is 133 cm³/mol. The highest BCUT2D eigenvalue weighted by atomic mass is 35.5. The van der Waals surface area contributed by atoms with Crippen LogP contribution in [0.2, 0.25) is 5.02 Å². The number of halogens is 1. The van der Waals surface area contributed by atoms with E-state index in [9.17, 15) is 9.90 Å². The zero-order valence-corrected chi connectivity index (χ0v) is 20.2. The first-order valence-corrected chi connectivity index (χ1v) is 11.6. The van der Waals surface area contributed by atoms with E-state index >= 15 is 0 Å². The highest BCUT2D eigenvalue weighted by Gasteiger charge is 2.35. The fourth-order valence-electron chi connectivity index (χ4n) is 4.29. The van der Waals surface area contributed by atoms with E-state index in [1.54, 1.807) is 18.7 Å². The summed E-state index contributed by atoms with van der Waals surface area (Å²) in [4.78, 5) is 19.8. The Morgan fingerprint density at radius 3 is 2.64 bits per heavy atom. The molecule has 0 bridgehead atoms. The number of carbonyl (C=O) groups excluding carboxylic acids is 1. The number of furan rings is 1. The van der Waals surface area contributed by atoms with Gasteiger partial charge in [0.05, 0.1) is 24.6 Å². The summed E-state index contributed by atoms with van der Waals surface area (Å²) in [7, 11) is 0. The summed E-state index contributed by atoms with van der Waals surface area (Å²) in [6.07, 6.45) is 1.18. The van der Waals surface area contributed by atoms with E-state index in [4.69, 9.17) is 21.0 Å². The van der Waals surface area contributed by atoms with Crippen molar-refractivity contribution in [1.29, 1.82) is 0 Å². The molecule has 0 saturated carbocycles. The molecule has 0 fully saturated rings. The number of rotatable bonds is 6. The molecule has 7 heteroatoms. The van der Waals surface area contributed by atoms with Crippen molar-refractivity contribution in [2.24, 2.45) is 10.9 Å². The molecule has 0 saturated heterocycles. The van der Waals surface area contributed by atoms with Crippen molar-refractivity contribution in [2.75, 3.05) is 11.9 Å². The van der Waals surface area contributed by atoms with Gasteiger partial charge in [-0.25, -0.2) is 0 Å². The maximum Gasteiger partial charge on any atom is 0.234 e. The van der Waals surface area contributed by atoms with Gasteiger partial charge in [0.25, 0.3) is 0 Å². The fourth-order valence-corrected chi connectivity index (χ4v) is 4.41. The van der Waals surface area contributed by atoms with Crippen molar-refractivity contribution < 1.29 is 14.3 Å². The summed E-state index contributed by atoms with van der Waals surface area (Å²) in [5.74, 6) is 1.04. The Labute approximate surface area is 199 Å². The van der Waals surface area contributed by atoms with Crippen LogP contribution in [0.1, 0.15) is 44.1 Å². The summed E-state index contributed by atoms with van der Waals surface area (Å²) in [6.45, 7) is 8.25. The molecule has 1 aromatic heterocycles. The van der Waals surface area contributed by atoms with Crippen molar-refractivity contribution in [2.45, 2.75) is 52.7 Å². The van der Waals surface area contributed by atoms with E-state index in [2.05, 4.69) is 19.2 Å². The normalized spacial score (nSPS) is 16.9. The Bertz CT molecular complexity index is 1190. The molecule has 1 unspecified atom stereocenters. The third kappa shape index (κ3) is 5.23. The van der Waals surface area contributed by atoms with Crippen molar-refractivity contribution in [3.05, 3.63) is 64.4 Å². The first-order chi connectivity index (χ1) is 15.6. The Balaban J connectivity index is 1.64. The molecule has 3 aromatic rings. The maximum absolute atomic E-state index is 13.4. The van der Waals surface area contributed by atoms with Gasteiger partial charge >= 0.3 is 0 Å². The standard InChI is InChI=1S/C26H30ClN3O3/c1-5-22-16(2)21-12-20(10-11-23(21)33-22)29-25-28-14-18(13-26(3,4)32)24(31)30(25)15-17-6-8-19(27)9-7-17/h6-12,18,32H,5,13-15H2,1-4H3,(H,28,29). The van der Waals surface area contributed by atoms with E-state index in [0.717, 1.165) is 40.0 Å². The van der Waals surface area contributed by atoms with Gasteiger partial charge in [0.1, 0.15) is 11.3 Å². The summed E-state index contributed by atoms with van der Waals surface area (Å²) >= 11 is 6.04. The van der Waals surface area contributed by atoms with Gasteiger partial charge in [-0.15, -0.1) is 0 Å². The SMILES string of the molecule is CCc1oc2ccc(NC3=NCC(CC(C)(C)O)C(=O)N3Cc3ccc(Cl)cc3)cc2c1C. The molecule has 2 aromatic carbocycles. The van der Waals surface area contributed by atoms with Gasteiger partial charge < -0.3 is 14.8 Å². The first-order valence-electron chi connectivity index (χ1n) is 11.3. The second-order valence-corrected chi connectivity index (χ2v) is 9.70. The van der Waals surface area contributed by atoms with Gasteiger partial charge in [-0.1, -0.05) is 30.7 Å². The number of amides is 1. The minimum Gasteiger partial charge on any atom is -0.461 e. The number of guanidine groups is 1. The molecule has 1 aliphatic rings. The van der Waals surface area contributed by atoms with E-state index < -0.39 is 5.60 Å². The monoisotopic (exact) mass is 467 g/mol. The summed E-state index contributed by atoms with van der Waals surface area (Å²) in [5, 5.41) is 15.3. The molecule has 2 N–H and O–H groups in total. The van der Waals surface area contributed by atoms with E-state index in [0.29, 0.717) is 30.5 Å². The van der Waals surface area contributed by atoms with Gasteiger partial charge in [0.15, 0.2) is 0 Å². The molecule has 0 aliphatic carbocycles. The van der Waals surface area contributed by atoms with Gasteiger partial charge in [-0.3, -0.25) is 14.7 Å². The number of nitrogens with one attached hydrogen (secondary N) is 1. The highest BCUT2D eigenvalue weighted by Crippen LogP contribution is 2.29. The van der Waals surface area contributed by atoms with Crippen LogP contribution in [0.3, 0.4) is 0 Å². The molecular weight excluding hydrogens is 438 g/mol. The van der Waals surface area contributed by atoms with Gasteiger partial charge in [0.2, 0.25) is 11.9 Å². The van der Waals surface area contributed by atoms with Crippen LogP contribution in [0.4, 0.5) is 5.69 Å². The molecular formula is C26H30ClN3O3. The number of carbonyl (C=O) groups is 1. The minimum atomic E-state index is -0.951. The smallest absolute Gasteiger partial charge is 0.234 e. The van der Waals surface area contributed by atoms with Gasteiger partial charge in [0, 0.05) is 22.5 Å². The number of fused-ring (bicyclic) bond motifs is 1. The minimum absolute atomic E-state index is 0.0570. The molecule has 1 amide bonds.